The van der Waals surface area contributed by atoms with Crippen molar-refractivity contribution in [3.8, 4) is 5.75 Å². The third kappa shape index (κ3) is 5.37. The van der Waals surface area contributed by atoms with Crippen LogP contribution in [0.15, 0.2) is 48.5 Å². The first-order chi connectivity index (χ1) is 14.0. The van der Waals surface area contributed by atoms with Gasteiger partial charge in [-0.2, -0.15) is 0 Å². The molecular weight excluding hydrogens is 364 g/mol. The summed E-state index contributed by atoms with van der Waals surface area (Å²) < 4.78 is 5.43. The molecule has 0 aliphatic carbocycles. The monoisotopic (exact) mass is 394 g/mol. The highest BCUT2D eigenvalue weighted by Gasteiger charge is 2.30. The summed E-state index contributed by atoms with van der Waals surface area (Å²) in [7, 11) is 0. The van der Waals surface area contributed by atoms with E-state index >= 15 is 0 Å². The molecule has 5 nitrogen and oxygen atoms in total. The second-order valence-corrected chi connectivity index (χ2v) is 7.82. The molecule has 0 unspecified atom stereocenters. The van der Waals surface area contributed by atoms with Crippen molar-refractivity contribution in [2.45, 2.75) is 46.2 Å². The van der Waals surface area contributed by atoms with E-state index in [4.69, 9.17) is 4.74 Å². The number of rotatable bonds is 7. The minimum Gasteiger partial charge on any atom is -0.494 e. The molecule has 0 bridgehead atoms. The van der Waals surface area contributed by atoms with Crippen LogP contribution in [0, 0.1) is 5.92 Å². The van der Waals surface area contributed by atoms with Gasteiger partial charge >= 0.3 is 0 Å². The largest absolute Gasteiger partial charge is 0.494 e. The number of amides is 2. The Morgan fingerprint density at radius 3 is 2.41 bits per heavy atom. The summed E-state index contributed by atoms with van der Waals surface area (Å²) in [6.07, 6.45) is 1.10. The first-order valence-electron chi connectivity index (χ1n) is 10.3. The first kappa shape index (κ1) is 20.9. The van der Waals surface area contributed by atoms with Crippen LogP contribution in [0.5, 0.6) is 5.75 Å². The Kier molecular flexibility index (Phi) is 6.91. The van der Waals surface area contributed by atoms with Gasteiger partial charge in [-0.1, -0.05) is 50.2 Å². The van der Waals surface area contributed by atoms with Crippen LogP contribution in [0.1, 0.15) is 37.5 Å². The molecule has 0 saturated heterocycles. The van der Waals surface area contributed by atoms with Gasteiger partial charge in [-0.3, -0.25) is 9.59 Å². The molecule has 2 amide bonds. The smallest absolute Gasteiger partial charge is 0.245 e. The minimum absolute atomic E-state index is 0.00505. The molecule has 1 aliphatic heterocycles. The number of benzene rings is 2. The molecule has 2 aromatic rings. The zero-order valence-electron chi connectivity index (χ0n) is 17.5. The zero-order chi connectivity index (χ0) is 20.8. The van der Waals surface area contributed by atoms with Crippen molar-refractivity contribution >= 4 is 11.8 Å². The summed E-state index contributed by atoms with van der Waals surface area (Å²) in [5.41, 5.74) is 3.39. The molecule has 1 N–H and O–H groups in total. The van der Waals surface area contributed by atoms with Gasteiger partial charge in [0.15, 0.2) is 0 Å². The number of carbonyl (C=O) groups is 2. The average molecular weight is 395 g/mol. The van der Waals surface area contributed by atoms with E-state index in [1.165, 1.54) is 11.1 Å². The van der Waals surface area contributed by atoms with Crippen LogP contribution in [0.25, 0.3) is 0 Å². The van der Waals surface area contributed by atoms with Crippen molar-refractivity contribution in [2.75, 3.05) is 13.2 Å². The van der Waals surface area contributed by atoms with Crippen molar-refractivity contribution in [3.05, 3.63) is 65.2 Å². The van der Waals surface area contributed by atoms with Gasteiger partial charge in [-0.25, -0.2) is 0 Å². The van der Waals surface area contributed by atoms with Crippen molar-refractivity contribution in [1.82, 2.24) is 10.2 Å². The molecule has 1 atom stereocenters. The summed E-state index contributed by atoms with van der Waals surface area (Å²) in [5.74, 6) is 0.661. The van der Waals surface area contributed by atoms with Gasteiger partial charge in [0.25, 0.3) is 0 Å². The highest BCUT2D eigenvalue weighted by atomic mass is 16.5. The van der Waals surface area contributed by atoms with Crippen molar-refractivity contribution < 1.29 is 14.3 Å². The maximum absolute atomic E-state index is 13.1. The SMILES string of the molecule is CCOc1ccc(CC(=O)N[C@H](C(=O)N2CCc3ccccc3C2)C(C)C)cc1. The number of fused-ring (bicyclic) bond motifs is 1. The molecule has 2 aromatic carbocycles. The van der Waals surface area contributed by atoms with Crippen LogP contribution in [-0.2, 0) is 29.0 Å². The fraction of sp³-hybridized carbons (Fsp3) is 0.417. The van der Waals surface area contributed by atoms with Gasteiger partial charge in [0.1, 0.15) is 11.8 Å². The van der Waals surface area contributed by atoms with E-state index in [-0.39, 0.29) is 24.2 Å². The first-order valence-corrected chi connectivity index (χ1v) is 10.3. The van der Waals surface area contributed by atoms with E-state index in [9.17, 15) is 9.59 Å². The lowest BCUT2D eigenvalue weighted by Gasteiger charge is -2.33. The summed E-state index contributed by atoms with van der Waals surface area (Å²) >= 11 is 0. The Bertz CT molecular complexity index is 845. The molecule has 1 aliphatic rings. The highest BCUT2D eigenvalue weighted by Crippen LogP contribution is 2.20. The molecule has 3 rings (SSSR count). The van der Waals surface area contributed by atoms with Gasteiger partial charge in [-0.05, 0) is 48.1 Å². The number of nitrogens with one attached hydrogen (secondary N) is 1. The fourth-order valence-corrected chi connectivity index (χ4v) is 3.67. The molecule has 0 aromatic heterocycles. The molecule has 5 heteroatoms. The molecule has 29 heavy (non-hydrogen) atoms. The average Bonchev–Trinajstić information content (AvgIpc) is 2.72. The van der Waals surface area contributed by atoms with E-state index < -0.39 is 6.04 Å². The van der Waals surface area contributed by atoms with Crippen LogP contribution in [-0.4, -0.2) is 35.9 Å². The second kappa shape index (κ2) is 9.59. The lowest BCUT2D eigenvalue weighted by atomic mass is 9.97. The van der Waals surface area contributed by atoms with Gasteiger partial charge in [0, 0.05) is 13.1 Å². The van der Waals surface area contributed by atoms with Gasteiger partial charge in [-0.15, -0.1) is 0 Å². The van der Waals surface area contributed by atoms with E-state index in [1.54, 1.807) is 0 Å². The summed E-state index contributed by atoms with van der Waals surface area (Å²) in [6, 6.07) is 15.2. The molecule has 1 heterocycles. The van der Waals surface area contributed by atoms with Crippen LogP contribution in [0.3, 0.4) is 0 Å². The number of ether oxygens (including phenoxy) is 1. The summed E-state index contributed by atoms with van der Waals surface area (Å²) in [4.78, 5) is 27.6. The van der Waals surface area contributed by atoms with Crippen LogP contribution < -0.4 is 10.1 Å². The highest BCUT2D eigenvalue weighted by molar-refractivity contribution is 5.88. The Balaban J connectivity index is 1.62. The maximum Gasteiger partial charge on any atom is 0.245 e. The van der Waals surface area contributed by atoms with E-state index in [2.05, 4.69) is 17.4 Å². The van der Waals surface area contributed by atoms with Gasteiger partial charge in [0.2, 0.25) is 11.8 Å². The minimum atomic E-state index is -0.518. The topological polar surface area (TPSA) is 58.6 Å². The Labute approximate surface area is 173 Å². The van der Waals surface area contributed by atoms with Crippen LogP contribution in [0.2, 0.25) is 0 Å². The van der Waals surface area contributed by atoms with Crippen molar-refractivity contribution in [1.29, 1.82) is 0 Å². The quantitative estimate of drug-likeness (QED) is 0.783. The number of carbonyl (C=O) groups excluding carboxylic acids is 2. The van der Waals surface area contributed by atoms with Gasteiger partial charge in [0.05, 0.1) is 13.0 Å². The number of hydrogen-bond donors (Lipinski definition) is 1. The Hall–Kier alpha value is -2.82. The third-order valence-electron chi connectivity index (χ3n) is 5.29. The molecule has 154 valence electrons. The van der Waals surface area contributed by atoms with Crippen LogP contribution in [0.4, 0.5) is 0 Å². The van der Waals surface area contributed by atoms with E-state index in [0.717, 1.165) is 17.7 Å². The lowest BCUT2D eigenvalue weighted by Crippen LogP contribution is -2.52. The van der Waals surface area contributed by atoms with E-state index in [1.807, 2.05) is 62.1 Å². The Morgan fingerprint density at radius 1 is 1.07 bits per heavy atom. The standard InChI is InChI=1S/C24H30N2O3/c1-4-29-21-11-9-18(10-12-21)15-22(27)25-23(17(2)3)24(28)26-14-13-19-7-5-6-8-20(19)16-26/h5-12,17,23H,4,13-16H2,1-3H3,(H,25,27)/t23-/m0/s1. The molecule has 0 saturated carbocycles. The molecule has 0 spiro atoms. The predicted molar refractivity (Wildman–Crippen MR) is 114 cm³/mol. The van der Waals surface area contributed by atoms with Crippen molar-refractivity contribution in [3.63, 3.8) is 0 Å². The lowest BCUT2D eigenvalue weighted by molar-refractivity contribution is -0.138. The molecule has 0 fully saturated rings. The second-order valence-electron chi connectivity index (χ2n) is 7.82. The summed E-state index contributed by atoms with van der Waals surface area (Å²) in [5, 5.41) is 2.96. The molecule has 0 radical (unpaired) electrons. The zero-order valence-corrected chi connectivity index (χ0v) is 17.5. The van der Waals surface area contributed by atoms with Gasteiger partial charge < -0.3 is 15.0 Å². The summed E-state index contributed by atoms with van der Waals surface area (Å²) in [6.45, 7) is 7.78. The predicted octanol–water partition coefficient (Wildman–Crippen LogP) is 3.35. The number of hydrogen-bond acceptors (Lipinski definition) is 3. The normalized spacial score (nSPS) is 14.3. The Morgan fingerprint density at radius 2 is 1.76 bits per heavy atom. The van der Waals surface area contributed by atoms with Crippen LogP contribution >= 0.6 is 0 Å². The van der Waals surface area contributed by atoms with E-state index in [0.29, 0.717) is 19.7 Å². The maximum atomic E-state index is 13.1. The molecular formula is C24H30N2O3. The fourth-order valence-electron chi connectivity index (χ4n) is 3.67. The number of nitrogens with zero attached hydrogens (tertiary/aromatic N) is 1. The van der Waals surface area contributed by atoms with Crippen molar-refractivity contribution in [2.24, 2.45) is 5.92 Å². The third-order valence-corrected chi connectivity index (χ3v) is 5.29.